The molecule has 0 aromatic heterocycles. The largest absolute Gasteiger partial charge is 0.457 e. The van der Waals surface area contributed by atoms with Gasteiger partial charge in [0.1, 0.15) is 11.5 Å². The van der Waals surface area contributed by atoms with Crippen molar-refractivity contribution in [2.75, 3.05) is 18.5 Å². The van der Waals surface area contributed by atoms with Gasteiger partial charge in [0.25, 0.3) is 11.8 Å². The molecule has 2 aliphatic rings. The zero-order valence-electron chi connectivity index (χ0n) is 19.8. The quantitative estimate of drug-likeness (QED) is 0.475. The summed E-state index contributed by atoms with van der Waals surface area (Å²) >= 11 is 0. The number of nitrogens with zero attached hydrogens (tertiary/aromatic N) is 1. The summed E-state index contributed by atoms with van der Waals surface area (Å²) in [6.45, 7) is 5.12. The van der Waals surface area contributed by atoms with Crippen LogP contribution in [0.2, 0.25) is 0 Å². The van der Waals surface area contributed by atoms with Gasteiger partial charge in [-0.1, -0.05) is 32.8 Å². The monoisotopic (exact) mass is 464 g/mol. The summed E-state index contributed by atoms with van der Waals surface area (Å²) in [6, 6.07) is 12.1. The van der Waals surface area contributed by atoms with E-state index in [2.05, 4.69) is 19.2 Å². The molecule has 0 saturated carbocycles. The number of nitrogens with one attached hydrogen (secondary N) is 1. The molecule has 7 nitrogen and oxygen atoms in total. The highest BCUT2D eigenvalue weighted by atomic mass is 16.5. The molecule has 1 N–H and O–H groups in total. The van der Waals surface area contributed by atoms with E-state index in [1.807, 2.05) is 12.1 Å². The van der Waals surface area contributed by atoms with Crippen molar-refractivity contribution in [3.05, 3.63) is 53.6 Å². The summed E-state index contributed by atoms with van der Waals surface area (Å²) in [4.78, 5) is 39.6. The number of anilines is 1. The second-order valence-electron chi connectivity index (χ2n) is 8.96. The van der Waals surface area contributed by atoms with Crippen molar-refractivity contribution in [1.82, 2.24) is 4.90 Å². The molecule has 1 fully saturated rings. The molecule has 34 heavy (non-hydrogen) atoms. The number of carbonyl (C=O) groups excluding carboxylic acids is 3. The van der Waals surface area contributed by atoms with Gasteiger partial charge in [0.15, 0.2) is 0 Å². The summed E-state index contributed by atoms with van der Waals surface area (Å²) in [6.07, 6.45) is 5.36. The van der Waals surface area contributed by atoms with Crippen molar-refractivity contribution in [3.63, 3.8) is 0 Å². The minimum absolute atomic E-state index is 0.00239. The van der Waals surface area contributed by atoms with Crippen LogP contribution in [0.4, 0.5) is 5.69 Å². The van der Waals surface area contributed by atoms with Crippen LogP contribution in [0.1, 0.15) is 73.1 Å². The number of rotatable bonds is 10. The third-order valence-corrected chi connectivity index (χ3v) is 6.33. The Bertz CT molecular complexity index is 1050. The second-order valence-corrected chi connectivity index (χ2v) is 8.96. The maximum absolute atomic E-state index is 12.9. The first-order chi connectivity index (χ1) is 16.5. The maximum Gasteiger partial charge on any atom is 0.261 e. The van der Waals surface area contributed by atoms with E-state index in [-0.39, 0.29) is 36.3 Å². The fourth-order valence-corrected chi connectivity index (χ4v) is 4.61. The predicted octanol–water partition coefficient (Wildman–Crippen LogP) is 5.41. The summed E-state index contributed by atoms with van der Waals surface area (Å²) in [7, 11) is 0. The van der Waals surface area contributed by atoms with Gasteiger partial charge in [0.2, 0.25) is 5.91 Å². The Morgan fingerprint density at radius 1 is 1.06 bits per heavy atom. The lowest BCUT2D eigenvalue weighted by atomic mass is 9.97. The molecule has 4 rings (SSSR count). The molecule has 1 atom stereocenters. The van der Waals surface area contributed by atoms with Gasteiger partial charge >= 0.3 is 0 Å². The van der Waals surface area contributed by atoms with Crippen molar-refractivity contribution in [2.24, 2.45) is 5.92 Å². The first kappa shape index (κ1) is 24.0. The van der Waals surface area contributed by atoms with Crippen LogP contribution in [0.3, 0.4) is 0 Å². The minimum atomic E-state index is -0.320. The normalized spacial score (nSPS) is 17.4. The molecule has 0 aliphatic carbocycles. The van der Waals surface area contributed by atoms with Gasteiger partial charge < -0.3 is 14.8 Å². The highest BCUT2D eigenvalue weighted by Crippen LogP contribution is 2.31. The van der Waals surface area contributed by atoms with Crippen LogP contribution in [0.25, 0.3) is 0 Å². The Balaban J connectivity index is 1.44. The van der Waals surface area contributed by atoms with Crippen LogP contribution in [-0.2, 0) is 9.53 Å². The molecule has 7 heteroatoms. The number of ether oxygens (including phenoxy) is 2. The van der Waals surface area contributed by atoms with E-state index in [0.29, 0.717) is 34.9 Å². The fraction of sp³-hybridized carbons (Fsp3) is 0.444. The molecule has 2 heterocycles. The molecular weight excluding hydrogens is 432 g/mol. The first-order valence-electron chi connectivity index (χ1n) is 12.2. The van der Waals surface area contributed by atoms with E-state index in [4.69, 9.17) is 9.47 Å². The van der Waals surface area contributed by atoms with E-state index in [1.165, 1.54) is 4.90 Å². The van der Waals surface area contributed by atoms with Gasteiger partial charge in [-0.2, -0.15) is 0 Å². The number of hydrogen-bond acceptors (Lipinski definition) is 5. The van der Waals surface area contributed by atoms with E-state index < -0.39 is 0 Å². The summed E-state index contributed by atoms with van der Waals surface area (Å²) in [5, 5.41) is 3.00. The van der Waals surface area contributed by atoms with Gasteiger partial charge in [-0.15, -0.1) is 0 Å². The third kappa shape index (κ3) is 5.30. The number of carbonyl (C=O) groups is 3. The van der Waals surface area contributed by atoms with Crippen LogP contribution in [0.15, 0.2) is 42.5 Å². The third-order valence-electron chi connectivity index (χ3n) is 6.33. The van der Waals surface area contributed by atoms with E-state index in [0.717, 1.165) is 38.5 Å². The second kappa shape index (κ2) is 10.8. The maximum atomic E-state index is 12.9. The summed E-state index contributed by atoms with van der Waals surface area (Å²) in [5.41, 5.74) is 1.39. The molecule has 3 amide bonds. The topological polar surface area (TPSA) is 84.9 Å². The van der Waals surface area contributed by atoms with E-state index >= 15 is 0 Å². The highest BCUT2D eigenvalue weighted by Gasteiger charge is 2.37. The van der Waals surface area contributed by atoms with Gasteiger partial charge in [-0.3, -0.25) is 19.3 Å². The number of hydrogen-bond donors (Lipinski definition) is 1. The Kier molecular flexibility index (Phi) is 7.63. The molecule has 180 valence electrons. The SMILES string of the molecule is CCCC(CCC)C(=O)Nc1cccc(Oc2ccc3c(c2)C(=O)N(CC2CCCO2)C3=O)c1. The molecule has 0 bridgehead atoms. The van der Waals surface area contributed by atoms with E-state index in [9.17, 15) is 14.4 Å². The number of imide groups is 1. The summed E-state index contributed by atoms with van der Waals surface area (Å²) < 4.78 is 11.6. The van der Waals surface area contributed by atoms with Crippen molar-refractivity contribution >= 4 is 23.4 Å². The van der Waals surface area contributed by atoms with Crippen LogP contribution < -0.4 is 10.1 Å². The van der Waals surface area contributed by atoms with Crippen molar-refractivity contribution in [1.29, 1.82) is 0 Å². The average Bonchev–Trinajstić information content (AvgIpc) is 3.42. The lowest BCUT2D eigenvalue weighted by Gasteiger charge is -2.17. The smallest absolute Gasteiger partial charge is 0.261 e. The van der Waals surface area contributed by atoms with Gasteiger partial charge in [-0.05, 0) is 56.0 Å². The average molecular weight is 465 g/mol. The van der Waals surface area contributed by atoms with Crippen LogP contribution >= 0.6 is 0 Å². The zero-order valence-corrected chi connectivity index (χ0v) is 19.8. The molecule has 2 aliphatic heterocycles. The number of benzene rings is 2. The summed E-state index contributed by atoms with van der Waals surface area (Å²) in [5.74, 6) is 0.400. The van der Waals surface area contributed by atoms with Gasteiger partial charge in [0, 0.05) is 24.3 Å². The molecule has 1 unspecified atom stereocenters. The lowest BCUT2D eigenvalue weighted by Crippen LogP contribution is -2.36. The Labute approximate surface area is 200 Å². The predicted molar refractivity (Wildman–Crippen MR) is 129 cm³/mol. The van der Waals surface area contributed by atoms with Gasteiger partial charge in [-0.25, -0.2) is 0 Å². The lowest BCUT2D eigenvalue weighted by molar-refractivity contribution is -0.120. The molecule has 2 aromatic rings. The first-order valence-corrected chi connectivity index (χ1v) is 12.2. The minimum Gasteiger partial charge on any atom is -0.457 e. The van der Waals surface area contributed by atoms with Crippen LogP contribution in [0, 0.1) is 5.92 Å². The van der Waals surface area contributed by atoms with Crippen molar-refractivity contribution in [3.8, 4) is 11.5 Å². The molecule has 0 spiro atoms. The van der Waals surface area contributed by atoms with Crippen molar-refractivity contribution in [2.45, 2.75) is 58.5 Å². The molecule has 0 radical (unpaired) electrons. The molecule has 1 saturated heterocycles. The zero-order chi connectivity index (χ0) is 24.1. The van der Waals surface area contributed by atoms with Gasteiger partial charge in [0.05, 0.1) is 23.8 Å². The van der Waals surface area contributed by atoms with Crippen LogP contribution in [-0.4, -0.2) is 41.9 Å². The Hall–Kier alpha value is -3.19. The fourth-order valence-electron chi connectivity index (χ4n) is 4.61. The number of amides is 3. The Morgan fingerprint density at radius 3 is 2.50 bits per heavy atom. The van der Waals surface area contributed by atoms with Crippen molar-refractivity contribution < 1.29 is 23.9 Å². The highest BCUT2D eigenvalue weighted by molar-refractivity contribution is 6.21. The van der Waals surface area contributed by atoms with Crippen LogP contribution in [0.5, 0.6) is 11.5 Å². The number of fused-ring (bicyclic) bond motifs is 1. The molecule has 2 aromatic carbocycles. The Morgan fingerprint density at radius 2 is 1.79 bits per heavy atom. The molecular formula is C27H32N2O5. The van der Waals surface area contributed by atoms with E-state index in [1.54, 1.807) is 30.3 Å². The standard InChI is InChI=1S/C27H32N2O5/c1-3-7-18(8-4-2)25(30)28-19-9-5-10-20(15-19)34-21-12-13-23-24(16-21)27(32)29(26(23)31)17-22-11-6-14-33-22/h5,9-10,12-13,15-16,18,22H,3-4,6-8,11,14,17H2,1-2H3,(H,28,30).